The molecule has 2 aromatic rings. The number of aryl methyl sites for hydroxylation is 1. The average molecular weight is 401 g/mol. The molecule has 1 fully saturated rings. The van der Waals surface area contributed by atoms with Crippen molar-refractivity contribution >= 4 is 29.1 Å². The number of nitrogens with one attached hydrogen (secondary N) is 2. The molecule has 6 heteroatoms. The minimum Gasteiger partial charge on any atom is -0.484 e. The number of carbonyl (C=O) groups is 2. The molecule has 2 N–H and O–H groups in total. The largest absolute Gasteiger partial charge is 0.484 e. The van der Waals surface area contributed by atoms with Gasteiger partial charge in [-0.1, -0.05) is 30.9 Å². The summed E-state index contributed by atoms with van der Waals surface area (Å²) in [6.07, 6.45) is 5.71. The number of carbonyl (C=O) groups excluding carboxylic acids is 2. The van der Waals surface area contributed by atoms with Crippen LogP contribution in [0, 0.1) is 6.92 Å². The molecule has 28 heavy (non-hydrogen) atoms. The third-order valence-corrected chi connectivity index (χ3v) is 5.12. The van der Waals surface area contributed by atoms with Crippen LogP contribution in [0.1, 0.15) is 48.0 Å². The van der Waals surface area contributed by atoms with Gasteiger partial charge in [0.1, 0.15) is 5.75 Å². The van der Waals surface area contributed by atoms with E-state index in [-0.39, 0.29) is 24.5 Å². The van der Waals surface area contributed by atoms with Crippen LogP contribution in [-0.2, 0) is 4.79 Å². The fourth-order valence-corrected chi connectivity index (χ4v) is 3.55. The van der Waals surface area contributed by atoms with Gasteiger partial charge in [0.05, 0.1) is 0 Å². The number of halogens is 1. The van der Waals surface area contributed by atoms with E-state index >= 15 is 0 Å². The molecule has 2 aromatic carbocycles. The van der Waals surface area contributed by atoms with E-state index in [1.807, 2.05) is 6.92 Å². The highest BCUT2D eigenvalue weighted by atomic mass is 35.5. The van der Waals surface area contributed by atoms with Crippen molar-refractivity contribution in [3.05, 3.63) is 58.6 Å². The molecule has 0 atom stereocenters. The number of amides is 2. The summed E-state index contributed by atoms with van der Waals surface area (Å²) in [5.74, 6) is 0.219. The first-order valence-corrected chi connectivity index (χ1v) is 9.99. The maximum absolute atomic E-state index is 12.3. The highest BCUT2D eigenvalue weighted by Crippen LogP contribution is 2.20. The topological polar surface area (TPSA) is 67.4 Å². The van der Waals surface area contributed by atoms with Gasteiger partial charge < -0.3 is 15.4 Å². The lowest BCUT2D eigenvalue weighted by atomic mass is 9.95. The Labute approximate surface area is 170 Å². The fourth-order valence-electron chi connectivity index (χ4n) is 3.32. The summed E-state index contributed by atoms with van der Waals surface area (Å²) in [4.78, 5) is 24.4. The number of benzene rings is 2. The van der Waals surface area contributed by atoms with E-state index in [1.165, 1.54) is 19.3 Å². The molecule has 5 nitrogen and oxygen atoms in total. The SMILES string of the molecule is Cc1cc(Cl)ccc1NC(=O)COc1ccc(C(=O)NC2CCCCC2)cc1. The first-order chi connectivity index (χ1) is 13.5. The number of hydrogen-bond acceptors (Lipinski definition) is 3. The Hall–Kier alpha value is -2.53. The van der Waals surface area contributed by atoms with Crippen molar-refractivity contribution in [2.75, 3.05) is 11.9 Å². The number of ether oxygens (including phenoxy) is 1. The van der Waals surface area contributed by atoms with Crippen molar-refractivity contribution in [1.29, 1.82) is 0 Å². The van der Waals surface area contributed by atoms with Crippen molar-refractivity contribution in [2.45, 2.75) is 45.1 Å². The van der Waals surface area contributed by atoms with Crippen LogP contribution in [0.5, 0.6) is 5.75 Å². The van der Waals surface area contributed by atoms with Crippen LogP contribution in [0.2, 0.25) is 5.02 Å². The van der Waals surface area contributed by atoms with Crippen molar-refractivity contribution < 1.29 is 14.3 Å². The van der Waals surface area contributed by atoms with Gasteiger partial charge in [-0.3, -0.25) is 9.59 Å². The first kappa shape index (κ1) is 20.2. The van der Waals surface area contributed by atoms with Crippen LogP contribution in [-0.4, -0.2) is 24.5 Å². The van der Waals surface area contributed by atoms with Crippen molar-refractivity contribution in [3.8, 4) is 5.75 Å². The highest BCUT2D eigenvalue weighted by molar-refractivity contribution is 6.30. The van der Waals surface area contributed by atoms with E-state index in [2.05, 4.69) is 10.6 Å². The van der Waals surface area contributed by atoms with Crippen LogP contribution in [0.15, 0.2) is 42.5 Å². The zero-order chi connectivity index (χ0) is 19.9. The molecule has 0 saturated heterocycles. The summed E-state index contributed by atoms with van der Waals surface area (Å²) in [6, 6.07) is 12.4. The van der Waals surface area contributed by atoms with Gasteiger partial charge in [0.2, 0.25) is 0 Å². The van der Waals surface area contributed by atoms with Crippen molar-refractivity contribution in [1.82, 2.24) is 5.32 Å². The summed E-state index contributed by atoms with van der Waals surface area (Å²) in [6.45, 7) is 1.76. The van der Waals surface area contributed by atoms with E-state index < -0.39 is 0 Å². The number of rotatable bonds is 6. The third-order valence-electron chi connectivity index (χ3n) is 4.89. The maximum atomic E-state index is 12.3. The van der Waals surface area contributed by atoms with Crippen LogP contribution in [0.4, 0.5) is 5.69 Å². The van der Waals surface area contributed by atoms with Gasteiger partial charge in [-0.15, -0.1) is 0 Å². The predicted octanol–water partition coefficient (Wildman–Crippen LogP) is 4.73. The highest BCUT2D eigenvalue weighted by Gasteiger charge is 2.16. The van der Waals surface area contributed by atoms with Gasteiger partial charge in [0, 0.05) is 22.3 Å². The molecular formula is C22H25ClN2O3. The zero-order valence-corrected chi connectivity index (χ0v) is 16.7. The lowest BCUT2D eigenvalue weighted by Crippen LogP contribution is -2.36. The molecule has 3 rings (SSSR count). The molecule has 0 aromatic heterocycles. The molecule has 1 saturated carbocycles. The summed E-state index contributed by atoms with van der Waals surface area (Å²) in [5, 5.41) is 6.51. The lowest BCUT2D eigenvalue weighted by Gasteiger charge is -2.22. The van der Waals surface area contributed by atoms with Gasteiger partial charge in [-0.25, -0.2) is 0 Å². The van der Waals surface area contributed by atoms with Gasteiger partial charge >= 0.3 is 0 Å². The summed E-state index contributed by atoms with van der Waals surface area (Å²) < 4.78 is 5.52. The standard InChI is InChI=1S/C22H25ClN2O3/c1-15-13-17(23)9-12-20(15)25-21(26)14-28-19-10-7-16(8-11-19)22(27)24-18-5-3-2-4-6-18/h7-13,18H,2-6,14H2,1H3,(H,24,27)(H,25,26). The Bertz CT molecular complexity index is 830. The Morgan fingerprint density at radius 1 is 1.07 bits per heavy atom. The smallest absolute Gasteiger partial charge is 0.262 e. The van der Waals surface area contributed by atoms with E-state index in [4.69, 9.17) is 16.3 Å². The molecular weight excluding hydrogens is 376 g/mol. The van der Waals surface area contributed by atoms with Gasteiger partial charge in [0.25, 0.3) is 11.8 Å². The van der Waals surface area contributed by atoms with E-state index in [9.17, 15) is 9.59 Å². The van der Waals surface area contributed by atoms with Crippen molar-refractivity contribution in [2.24, 2.45) is 0 Å². The Morgan fingerprint density at radius 3 is 2.46 bits per heavy atom. The molecule has 1 aliphatic rings. The maximum Gasteiger partial charge on any atom is 0.262 e. The molecule has 0 spiro atoms. The van der Waals surface area contributed by atoms with Crippen LogP contribution >= 0.6 is 11.6 Å². The van der Waals surface area contributed by atoms with E-state index in [0.717, 1.165) is 18.4 Å². The van der Waals surface area contributed by atoms with Crippen molar-refractivity contribution in [3.63, 3.8) is 0 Å². The van der Waals surface area contributed by atoms with Crippen LogP contribution in [0.25, 0.3) is 0 Å². The second-order valence-electron chi connectivity index (χ2n) is 7.13. The second-order valence-corrected chi connectivity index (χ2v) is 7.57. The van der Waals surface area contributed by atoms with E-state index in [1.54, 1.807) is 42.5 Å². The lowest BCUT2D eigenvalue weighted by molar-refractivity contribution is -0.118. The minimum atomic E-state index is -0.260. The molecule has 0 radical (unpaired) electrons. The molecule has 0 heterocycles. The normalized spacial score (nSPS) is 14.4. The zero-order valence-electron chi connectivity index (χ0n) is 16.0. The summed E-state index contributed by atoms with van der Waals surface area (Å²) in [7, 11) is 0. The quantitative estimate of drug-likeness (QED) is 0.736. The molecule has 0 aliphatic heterocycles. The van der Waals surface area contributed by atoms with Gasteiger partial charge in [-0.05, 0) is 67.8 Å². The minimum absolute atomic E-state index is 0.0607. The predicted molar refractivity (Wildman–Crippen MR) is 111 cm³/mol. The van der Waals surface area contributed by atoms with Gasteiger partial charge in [-0.2, -0.15) is 0 Å². The average Bonchev–Trinajstić information content (AvgIpc) is 2.70. The Balaban J connectivity index is 1.48. The summed E-state index contributed by atoms with van der Waals surface area (Å²) >= 11 is 5.92. The molecule has 1 aliphatic carbocycles. The Morgan fingerprint density at radius 2 is 1.79 bits per heavy atom. The van der Waals surface area contributed by atoms with E-state index in [0.29, 0.717) is 22.0 Å². The molecule has 0 unspecified atom stereocenters. The first-order valence-electron chi connectivity index (χ1n) is 9.61. The third kappa shape index (κ3) is 5.73. The molecule has 2 amide bonds. The number of anilines is 1. The number of hydrogen-bond donors (Lipinski definition) is 2. The monoisotopic (exact) mass is 400 g/mol. The fraction of sp³-hybridized carbons (Fsp3) is 0.364. The molecule has 0 bridgehead atoms. The van der Waals surface area contributed by atoms with Crippen LogP contribution in [0.3, 0.4) is 0 Å². The van der Waals surface area contributed by atoms with Crippen LogP contribution < -0.4 is 15.4 Å². The second kappa shape index (κ2) is 9.60. The Kier molecular flexibility index (Phi) is 6.93. The summed E-state index contributed by atoms with van der Waals surface area (Å²) in [5.41, 5.74) is 2.18. The molecule has 148 valence electrons. The van der Waals surface area contributed by atoms with Gasteiger partial charge in [0.15, 0.2) is 6.61 Å².